The number of carbonyl (C=O) groups is 1. The van der Waals surface area contributed by atoms with Gasteiger partial charge in [-0.05, 0) is 61.9 Å². The number of para-hydroxylation sites is 1. The fraction of sp³-hybridized carbons (Fsp3) is 0.409. The minimum absolute atomic E-state index is 0.213. The molecule has 1 amide bonds. The molecule has 0 aromatic heterocycles. The largest absolute Gasteiger partial charge is 0.317 e. The Balaban J connectivity index is 1.50. The molecule has 1 saturated carbocycles. The Morgan fingerprint density at radius 2 is 1.64 bits per heavy atom. The summed E-state index contributed by atoms with van der Waals surface area (Å²) in [5, 5.41) is 3.42. The van der Waals surface area contributed by atoms with Crippen molar-refractivity contribution < 1.29 is 4.79 Å². The Morgan fingerprint density at radius 3 is 2.32 bits per heavy atom. The normalized spacial score (nSPS) is 21.0. The van der Waals surface area contributed by atoms with E-state index in [9.17, 15) is 4.79 Å². The van der Waals surface area contributed by atoms with Crippen LogP contribution in [-0.2, 0) is 11.2 Å². The summed E-state index contributed by atoms with van der Waals surface area (Å²) in [6.45, 7) is 2.86. The fourth-order valence-corrected chi connectivity index (χ4v) is 4.22. The molecule has 130 valence electrons. The number of amides is 1. The van der Waals surface area contributed by atoms with E-state index in [-0.39, 0.29) is 11.3 Å². The lowest BCUT2D eigenvalue weighted by atomic mass is 9.91. The van der Waals surface area contributed by atoms with Crippen LogP contribution in [0, 0.1) is 11.3 Å². The average molecular weight is 334 g/mol. The number of carbonyl (C=O) groups excluding carboxylic acids is 1. The summed E-state index contributed by atoms with van der Waals surface area (Å²) in [6.07, 6.45) is 4.25. The molecule has 1 heterocycles. The van der Waals surface area contributed by atoms with Crippen LogP contribution in [0.25, 0.3) is 0 Å². The molecule has 1 spiro atoms. The van der Waals surface area contributed by atoms with E-state index in [1.807, 2.05) is 29.2 Å². The van der Waals surface area contributed by atoms with Crippen LogP contribution in [0.1, 0.15) is 24.8 Å². The lowest BCUT2D eigenvalue weighted by Gasteiger charge is -2.27. The number of nitrogens with zero attached hydrogens (tertiary/aromatic N) is 1. The average Bonchev–Trinajstić information content (AvgIpc) is 3.37. The van der Waals surface area contributed by atoms with Crippen LogP contribution < -0.4 is 10.2 Å². The maximum atomic E-state index is 13.3. The van der Waals surface area contributed by atoms with Crippen LogP contribution in [0.2, 0.25) is 0 Å². The predicted octanol–water partition coefficient (Wildman–Crippen LogP) is 3.65. The van der Waals surface area contributed by atoms with Gasteiger partial charge in [0.1, 0.15) is 0 Å². The van der Waals surface area contributed by atoms with Gasteiger partial charge in [0, 0.05) is 18.2 Å². The van der Waals surface area contributed by atoms with Crippen LogP contribution in [0.3, 0.4) is 0 Å². The molecule has 0 bridgehead atoms. The van der Waals surface area contributed by atoms with Crippen molar-refractivity contribution in [3.63, 3.8) is 0 Å². The van der Waals surface area contributed by atoms with Crippen molar-refractivity contribution in [2.45, 2.75) is 25.7 Å². The molecule has 3 heteroatoms. The van der Waals surface area contributed by atoms with E-state index < -0.39 is 0 Å². The predicted molar refractivity (Wildman–Crippen MR) is 102 cm³/mol. The third-order valence-electron chi connectivity index (χ3n) is 5.89. The molecule has 4 rings (SSSR count). The second-order valence-electron chi connectivity index (χ2n) is 7.43. The summed E-state index contributed by atoms with van der Waals surface area (Å²) in [5.41, 5.74) is 2.59. The Bertz CT molecular complexity index is 707. The van der Waals surface area contributed by atoms with Crippen LogP contribution in [0.5, 0.6) is 0 Å². The molecule has 1 atom stereocenters. The van der Waals surface area contributed by atoms with E-state index in [4.69, 9.17) is 0 Å². The van der Waals surface area contributed by atoms with E-state index in [2.05, 4.69) is 41.7 Å². The highest BCUT2D eigenvalue weighted by Crippen LogP contribution is 2.59. The van der Waals surface area contributed by atoms with Crippen LogP contribution in [-0.4, -0.2) is 25.5 Å². The number of nitrogens with one attached hydrogen (secondary N) is 1. The Kier molecular flexibility index (Phi) is 4.58. The van der Waals surface area contributed by atoms with Crippen molar-refractivity contribution in [1.82, 2.24) is 5.32 Å². The molecule has 1 unspecified atom stereocenters. The molecule has 2 aromatic carbocycles. The first kappa shape index (κ1) is 16.3. The molecule has 1 N–H and O–H groups in total. The van der Waals surface area contributed by atoms with Crippen molar-refractivity contribution in [2.24, 2.45) is 11.3 Å². The third-order valence-corrected chi connectivity index (χ3v) is 5.89. The van der Waals surface area contributed by atoms with Crippen LogP contribution in [0.15, 0.2) is 60.7 Å². The zero-order chi connectivity index (χ0) is 17.1. The molecule has 2 aliphatic rings. The highest BCUT2D eigenvalue weighted by atomic mass is 16.2. The number of piperidine rings is 1. The van der Waals surface area contributed by atoms with Gasteiger partial charge in [0.05, 0.1) is 0 Å². The molecule has 1 aliphatic carbocycles. The van der Waals surface area contributed by atoms with E-state index in [0.29, 0.717) is 5.91 Å². The Morgan fingerprint density at radius 1 is 1.00 bits per heavy atom. The quantitative estimate of drug-likeness (QED) is 0.905. The minimum atomic E-state index is 0.213. The molecule has 2 fully saturated rings. The van der Waals surface area contributed by atoms with Crippen molar-refractivity contribution in [3.8, 4) is 0 Å². The van der Waals surface area contributed by atoms with E-state index in [1.165, 1.54) is 5.56 Å². The van der Waals surface area contributed by atoms with Crippen molar-refractivity contribution in [3.05, 3.63) is 66.2 Å². The van der Waals surface area contributed by atoms with Crippen molar-refractivity contribution in [1.29, 1.82) is 0 Å². The molecule has 2 aromatic rings. The van der Waals surface area contributed by atoms with Gasteiger partial charge >= 0.3 is 0 Å². The van der Waals surface area contributed by atoms with E-state index >= 15 is 0 Å². The van der Waals surface area contributed by atoms with Gasteiger partial charge in [-0.25, -0.2) is 0 Å². The van der Waals surface area contributed by atoms with E-state index in [1.54, 1.807) is 0 Å². The lowest BCUT2D eigenvalue weighted by molar-refractivity contribution is -0.120. The Labute approximate surface area is 150 Å². The fourth-order valence-electron chi connectivity index (χ4n) is 4.22. The number of hydrogen-bond donors (Lipinski definition) is 1. The summed E-state index contributed by atoms with van der Waals surface area (Å²) in [7, 11) is 0. The summed E-state index contributed by atoms with van der Waals surface area (Å²) in [6, 6.07) is 20.6. The van der Waals surface area contributed by atoms with Gasteiger partial charge < -0.3 is 10.2 Å². The standard InChI is InChI=1S/C22H26N2O/c25-21(20-17-22(20)12-14-23-15-13-22)24(19-9-5-2-6-10-19)16-11-18-7-3-1-4-8-18/h1-10,20,23H,11-17H2. The van der Waals surface area contributed by atoms with Gasteiger partial charge in [0.25, 0.3) is 0 Å². The lowest BCUT2D eigenvalue weighted by Crippen LogP contribution is -2.37. The summed E-state index contributed by atoms with van der Waals surface area (Å²) < 4.78 is 0. The highest BCUT2D eigenvalue weighted by Gasteiger charge is 2.58. The van der Waals surface area contributed by atoms with Gasteiger partial charge in [0.2, 0.25) is 5.91 Å². The molecular weight excluding hydrogens is 308 g/mol. The number of anilines is 1. The molecule has 1 saturated heterocycles. The molecule has 25 heavy (non-hydrogen) atoms. The molecule has 0 radical (unpaired) electrons. The van der Waals surface area contributed by atoms with Gasteiger partial charge in [-0.2, -0.15) is 0 Å². The summed E-state index contributed by atoms with van der Waals surface area (Å²) >= 11 is 0. The first-order valence-electron chi connectivity index (χ1n) is 9.40. The second-order valence-corrected chi connectivity index (χ2v) is 7.43. The van der Waals surface area contributed by atoms with Gasteiger partial charge in [0.15, 0.2) is 0 Å². The van der Waals surface area contributed by atoms with Crippen molar-refractivity contribution >= 4 is 11.6 Å². The number of hydrogen-bond acceptors (Lipinski definition) is 2. The van der Waals surface area contributed by atoms with Gasteiger partial charge in [-0.1, -0.05) is 48.5 Å². The summed E-state index contributed by atoms with van der Waals surface area (Å²) in [5.74, 6) is 0.537. The van der Waals surface area contributed by atoms with E-state index in [0.717, 1.165) is 51.0 Å². The number of benzene rings is 2. The first-order chi connectivity index (χ1) is 12.3. The smallest absolute Gasteiger partial charge is 0.230 e. The molecular formula is C22H26N2O. The highest BCUT2D eigenvalue weighted by molar-refractivity contribution is 5.97. The molecule has 3 nitrogen and oxygen atoms in total. The zero-order valence-corrected chi connectivity index (χ0v) is 14.7. The zero-order valence-electron chi connectivity index (χ0n) is 14.7. The van der Waals surface area contributed by atoms with Crippen molar-refractivity contribution in [2.75, 3.05) is 24.5 Å². The van der Waals surface area contributed by atoms with Gasteiger partial charge in [-0.15, -0.1) is 0 Å². The third kappa shape index (κ3) is 3.47. The monoisotopic (exact) mass is 334 g/mol. The minimum Gasteiger partial charge on any atom is -0.317 e. The first-order valence-corrected chi connectivity index (χ1v) is 9.40. The topological polar surface area (TPSA) is 32.3 Å². The van der Waals surface area contributed by atoms with Crippen LogP contribution >= 0.6 is 0 Å². The molecule has 1 aliphatic heterocycles. The van der Waals surface area contributed by atoms with Gasteiger partial charge in [-0.3, -0.25) is 4.79 Å². The Hall–Kier alpha value is -2.13. The van der Waals surface area contributed by atoms with Crippen LogP contribution in [0.4, 0.5) is 5.69 Å². The SMILES string of the molecule is O=C(C1CC12CCNCC2)N(CCc1ccccc1)c1ccccc1. The maximum absolute atomic E-state index is 13.3. The number of rotatable bonds is 5. The summed E-state index contributed by atoms with van der Waals surface area (Å²) in [4.78, 5) is 15.3. The second kappa shape index (κ2) is 7.01. The maximum Gasteiger partial charge on any atom is 0.230 e.